The summed E-state index contributed by atoms with van der Waals surface area (Å²) in [6.07, 6.45) is 1.35. The van der Waals surface area contributed by atoms with Crippen LogP contribution in [0.1, 0.15) is 21.5 Å². The minimum absolute atomic E-state index is 0.341. The Bertz CT molecular complexity index is 1190. The van der Waals surface area contributed by atoms with Crippen LogP contribution in [-0.2, 0) is 9.59 Å². The number of carbonyl (C=O) groups is 3. The molecule has 33 heavy (non-hydrogen) atoms. The van der Waals surface area contributed by atoms with Crippen molar-refractivity contribution in [1.82, 2.24) is 5.43 Å². The molecule has 8 nitrogen and oxygen atoms in total. The number of nitrogens with zero attached hydrogens (tertiary/aromatic N) is 1. The van der Waals surface area contributed by atoms with Gasteiger partial charge in [0.05, 0.1) is 18.9 Å². The molecule has 0 heterocycles. The molecule has 3 aromatic carbocycles. The summed E-state index contributed by atoms with van der Waals surface area (Å²) in [5.74, 6) is -1.34. The van der Waals surface area contributed by atoms with Gasteiger partial charge < -0.3 is 14.8 Å². The number of methoxy groups -OCH3 is 1. The molecule has 0 aromatic heterocycles. The van der Waals surface area contributed by atoms with Gasteiger partial charge in [-0.05, 0) is 78.7 Å². The summed E-state index contributed by atoms with van der Waals surface area (Å²) < 4.78 is 10.4. The summed E-state index contributed by atoms with van der Waals surface area (Å²) in [7, 11) is 1.54. The van der Waals surface area contributed by atoms with E-state index in [1.807, 2.05) is 0 Å². The predicted molar refractivity (Wildman–Crippen MR) is 125 cm³/mol. The second-order valence-corrected chi connectivity index (χ2v) is 7.16. The van der Waals surface area contributed by atoms with Crippen LogP contribution >= 0.6 is 11.6 Å². The van der Waals surface area contributed by atoms with Crippen LogP contribution < -0.4 is 20.2 Å². The summed E-state index contributed by atoms with van der Waals surface area (Å²) in [6, 6.07) is 18.0. The lowest BCUT2D eigenvalue weighted by molar-refractivity contribution is -0.136. The quantitative estimate of drug-likeness (QED) is 0.188. The number of amides is 2. The Morgan fingerprint density at radius 3 is 2.24 bits per heavy atom. The van der Waals surface area contributed by atoms with Gasteiger partial charge in [0.1, 0.15) is 11.5 Å². The molecule has 0 bridgehead atoms. The van der Waals surface area contributed by atoms with E-state index in [9.17, 15) is 14.4 Å². The Kier molecular flexibility index (Phi) is 7.77. The maximum absolute atomic E-state index is 12.2. The Morgan fingerprint density at radius 2 is 1.58 bits per heavy atom. The average Bonchev–Trinajstić information content (AvgIpc) is 2.83. The molecular weight excluding hydrogens is 446 g/mol. The van der Waals surface area contributed by atoms with Crippen LogP contribution in [0.5, 0.6) is 11.5 Å². The van der Waals surface area contributed by atoms with Crippen LogP contribution in [0.3, 0.4) is 0 Å². The third-order valence-corrected chi connectivity index (χ3v) is 4.93. The van der Waals surface area contributed by atoms with E-state index in [2.05, 4.69) is 15.8 Å². The minimum Gasteiger partial charge on any atom is -0.497 e. The number of anilines is 1. The van der Waals surface area contributed by atoms with E-state index in [4.69, 9.17) is 21.1 Å². The van der Waals surface area contributed by atoms with E-state index in [1.54, 1.807) is 80.8 Å². The van der Waals surface area contributed by atoms with Gasteiger partial charge in [0.2, 0.25) is 0 Å². The number of hydrazone groups is 1. The van der Waals surface area contributed by atoms with Crippen LogP contribution in [0.15, 0.2) is 71.8 Å². The lowest BCUT2D eigenvalue weighted by atomic mass is 10.2. The number of hydrogen-bond acceptors (Lipinski definition) is 6. The molecule has 0 unspecified atom stereocenters. The van der Waals surface area contributed by atoms with Crippen molar-refractivity contribution in [2.45, 2.75) is 6.92 Å². The molecule has 3 aromatic rings. The molecule has 0 atom stereocenters. The number of carbonyl (C=O) groups excluding carboxylic acids is 3. The number of benzene rings is 3. The molecule has 0 spiro atoms. The van der Waals surface area contributed by atoms with Crippen molar-refractivity contribution in [3.8, 4) is 11.5 Å². The van der Waals surface area contributed by atoms with Crippen molar-refractivity contribution in [2.24, 2.45) is 5.10 Å². The molecule has 0 radical (unpaired) electrons. The van der Waals surface area contributed by atoms with Gasteiger partial charge in [-0.3, -0.25) is 9.59 Å². The van der Waals surface area contributed by atoms with Crippen molar-refractivity contribution in [3.63, 3.8) is 0 Å². The fraction of sp³-hybridized carbons (Fsp3) is 0.0833. The highest BCUT2D eigenvalue weighted by molar-refractivity contribution is 6.40. The molecule has 0 aliphatic rings. The Balaban J connectivity index is 1.52. The van der Waals surface area contributed by atoms with Gasteiger partial charge in [-0.15, -0.1) is 0 Å². The predicted octanol–water partition coefficient (Wildman–Crippen LogP) is 3.97. The van der Waals surface area contributed by atoms with E-state index < -0.39 is 17.8 Å². The molecular formula is C24H20ClN3O5. The fourth-order valence-electron chi connectivity index (χ4n) is 2.65. The van der Waals surface area contributed by atoms with Crippen molar-refractivity contribution in [2.75, 3.05) is 12.4 Å². The summed E-state index contributed by atoms with van der Waals surface area (Å²) in [6.45, 7) is 1.73. The molecule has 0 fully saturated rings. The van der Waals surface area contributed by atoms with E-state index in [0.29, 0.717) is 38.9 Å². The highest BCUT2D eigenvalue weighted by Crippen LogP contribution is 2.22. The molecule has 2 N–H and O–H groups in total. The molecule has 2 amide bonds. The zero-order chi connectivity index (χ0) is 23.8. The first-order valence-corrected chi connectivity index (χ1v) is 10.1. The highest BCUT2D eigenvalue weighted by atomic mass is 35.5. The molecule has 0 saturated heterocycles. The minimum atomic E-state index is -0.935. The third kappa shape index (κ3) is 6.41. The molecule has 3 rings (SSSR count). The van der Waals surface area contributed by atoms with Gasteiger partial charge >= 0.3 is 17.8 Å². The van der Waals surface area contributed by atoms with Gasteiger partial charge in [-0.2, -0.15) is 5.10 Å². The van der Waals surface area contributed by atoms with Gasteiger partial charge in [0.15, 0.2) is 0 Å². The topological polar surface area (TPSA) is 106 Å². The van der Waals surface area contributed by atoms with E-state index in [-0.39, 0.29) is 0 Å². The molecule has 0 aliphatic carbocycles. The largest absolute Gasteiger partial charge is 0.497 e. The van der Waals surface area contributed by atoms with Crippen LogP contribution in [0.25, 0.3) is 0 Å². The Labute approximate surface area is 195 Å². The van der Waals surface area contributed by atoms with E-state index >= 15 is 0 Å². The van der Waals surface area contributed by atoms with Gasteiger partial charge in [0.25, 0.3) is 0 Å². The van der Waals surface area contributed by atoms with Crippen molar-refractivity contribution < 1.29 is 23.9 Å². The standard InChI is InChI=1S/C24H20ClN3O5/c1-15-20(25)4-3-5-21(15)27-22(29)23(30)28-26-14-16-6-10-19(11-7-16)33-24(31)17-8-12-18(32-2)13-9-17/h3-14H,1-2H3,(H,27,29)(H,28,30)/b26-14+. The Morgan fingerprint density at radius 1 is 0.909 bits per heavy atom. The van der Waals surface area contributed by atoms with Crippen LogP contribution in [0.2, 0.25) is 5.02 Å². The number of esters is 1. The summed E-state index contributed by atoms with van der Waals surface area (Å²) in [5, 5.41) is 6.72. The van der Waals surface area contributed by atoms with Crippen LogP contribution in [-0.4, -0.2) is 31.1 Å². The van der Waals surface area contributed by atoms with Crippen molar-refractivity contribution >= 4 is 41.3 Å². The van der Waals surface area contributed by atoms with Crippen molar-refractivity contribution in [1.29, 1.82) is 0 Å². The first-order valence-electron chi connectivity index (χ1n) is 9.73. The zero-order valence-electron chi connectivity index (χ0n) is 17.8. The maximum atomic E-state index is 12.2. The summed E-state index contributed by atoms with van der Waals surface area (Å²) in [5.41, 5.74) is 4.24. The smallest absolute Gasteiger partial charge is 0.343 e. The van der Waals surface area contributed by atoms with Gasteiger partial charge in [0, 0.05) is 10.7 Å². The second kappa shape index (κ2) is 10.9. The fourth-order valence-corrected chi connectivity index (χ4v) is 2.83. The average molecular weight is 466 g/mol. The maximum Gasteiger partial charge on any atom is 0.343 e. The first kappa shape index (κ1) is 23.5. The zero-order valence-corrected chi connectivity index (χ0v) is 18.6. The summed E-state index contributed by atoms with van der Waals surface area (Å²) >= 11 is 6.00. The number of ether oxygens (including phenoxy) is 2. The van der Waals surface area contributed by atoms with Crippen LogP contribution in [0.4, 0.5) is 5.69 Å². The monoisotopic (exact) mass is 465 g/mol. The second-order valence-electron chi connectivity index (χ2n) is 6.75. The van der Waals surface area contributed by atoms with Crippen LogP contribution in [0, 0.1) is 6.92 Å². The van der Waals surface area contributed by atoms with E-state index in [1.165, 1.54) is 6.21 Å². The van der Waals surface area contributed by atoms with Gasteiger partial charge in [-0.1, -0.05) is 17.7 Å². The lowest BCUT2D eigenvalue weighted by Crippen LogP contribution is -2.32. The number of nitrogens with one attached hydrogen (secondary N) is 2. The van der Waals surface area contributed by atoms with Crippen molar-refractivity contribution in [3.05, 3.63) is 88.4 Å². The molecule has 168 valence electrons. The summed E-state index contributed by atoms with van der Waals surface area (Å²) in [4.78, 5) is 36.2. The van der Waals surface area contributed by atoms with Gasteiger partial charge in [-0.25, -0.2) is 10.2 Å². The Hall–Kier alpha value is -4.17. The number of hydrogen-bond donors (Lipinski definition) is 2. The molecule has 0 aliphatic heterocycles. The van der Waals surface area contributed by atoms with E-state index in [0.717, 1.165) is 0 Å². The third-order valence-electron chi connectivity index (χ3n) is 4.52. The SMILES string of the molecule is COc1ccc(C(=O)Oc2ccc(/C=N/NC(=O)C(=O)Nc3cccc(Cl)c3C)cc2)cc1. The molecule has 9 heteroatoms. The first-order chi connectivity index (χ1) is 15.9. The lowest BCUT2D eigenvalue weighted by Gasteiger charge is -2.08. The number of halogens is 1. The normalized spacial score (nSPS) is 10.5. The highest BCUT2D eigenvalue weighted by Gasteiger charge is 2.14. The number of rotatable bonds is 6. The molecule has 0 saturated carbocycles.